The number of fused-ring (bicyclic) bond motifs is 2. The zero-order valence-corrected chi connectivity index (χ0v) is 20.2. The van der Waals surface area contributed by atoms with E-state index in [-0.39, 0.29) is 5.91 Å². The summed E-state index contributed by atoms with van der Waals surface area (Å²) in [6.07, 6.45) is 6.45. The summed E-state index contributed by atoms with van der Waals surface area (Å²) >= 11 is 0. The topological polar surface area (TPSA) is 106 Å². The van der Waals surface area contributed by atoms with Crippen molar-refractivity contribution in [2.24, 2.45) is 0 Å². The molecule has 1 N–H and O–H groups in total. The van der Waals surface area contributed by atoms with Crippen LogP contribution in [0.15, 0.2) is 30.5 Å². The summed E-state index contributed by atoms with van der Waals surface area (Å²) in [6, 6.07) is 7.26. The molecule has 1 amide bonds. The first-order valence-electron chi connectivity index (χ1n) is 11.7. The second-order valence-electron chi connectivity index (χ2n) is 8.84. The van der Waals surface area contributed by atoms with Gasteiger partial charge in [-0.15, -0.1) is 10.2 Å². The third-order valence-electron chi connectivity index (χ3n) is 6.37. The number of aromatic nitrogens is 5. The molecule has 0 saturated carbocycles. The van der Waals surface area contributed by atoms with Gasteiger partial charge in [0, 0.05) is 47.7 Å². The molecule has 10 heteroatoms. The van der Waals surface area contributed by atoms with Crippen LogP contribution < -0.4 is 5.32 Å². The Bertz CT molecular complexity index is 1330. The third kappa shape index (κ3) is 4.47. The summed E-state index contributed by atoms with van der Waals surface area (Å²) in [5.41, 5.74) is 3.03. The highest BCUT2D eigenvalue weighted by molar-refractivity contribution is 7.98. The average molecular weight is 480 g/mol. The molecule has 0 saturated heterocycles. The van der Waals surface area contributed by atoms with E-state index in [9.17, 15) is 9.00 Å². The monoisotopic (exact) mass is 479 g/mol. The molecule has 2 aliphatic rings. The van der Waals surface area contributed by atoms with E-state index >= 15 is 0 Å². The van der Waals surface area contributed by atoms with Gasteiger partial charge in [-0.05, 0) is 60.9 Å². The van der Waals surface area contributed by atoms with E-state index in [0.29, 0.717) is 36.0 Å². The molecule has 5 heterocycles. The molecule has 0 aromatic carbocycles. The molecule has 2 aliphatic heterocycles. The van der Waals surface area contributed by atoms with E-state index in [1.54, 1.807) is 18.3 Å². The second kappa shape index (κ2) is 9.27. The number of aryl methyl sites for hydroxylation is 1. The maximum absolute atomic E-state index is 13.0. The number of hydrogen-bond donors (Lipinski definition) is 1. The van der Waals surface area contributed by atoms with Crippen molar-refractivity contribution in [3.8, 4) is 11.5 Å². The van der Waals surface area contributed by atoms with Gasteiger partial charge in [0.25, 0.3) is 5.91 Å². The van der Waals surface area contributed by atoms with Crippen molar-refractivity contribution < 1.29 is 9.00 Å². The summed E-state index contributed by atoms with van der Waals surface area (Å²) in [7, 11) is -2.30. The summed E-state index contributed by atoms with van der Waals surface area (Å²) in [5.74, 6) is 6.33. The molecule has 0 aliphatic carbocycles. The van der Waals surface area contributed by atoms with Crippen LogP contribution in [0.25, 0.3) is 11.5 Å². The molecule has 0 fully saturated rings. The van der Waals surface area contributed by atoms with E-state index < -0.39 is 9.71 Å². The van der Waals surface area contributed by atoms with Gasteiger partial charge >= 0.3 is 0 Å². The Balaban J connectivity index is 1.34. The van der Waals surface area contributed by atoms with E-state index in [4.69, 9.17) is 0 Å². The van der Waals surface area contributed by atoms with Crippen molar-refractivity contribution in [2.75, 3.05) is 17.6 Å². The molecule has 5 rings (SSSR count). The van der Waals surface area contributed by atoms with E-state index in [1.165, 1.54) is 0 Å². The number of pyridine rings is 2. The maximum Gasteiger partial charge on any atom is 0.275 e. The van der Waals surface area contributed by atoms with E-state index in [2.05, 4.69) is 35.9 Å². The zero-order chi connectivity index (χ0) is 23.7. The lowest BCUT2D eigenvalue weighted by Gasteiger charge is -2.31. The predicted molar refractivity (Wildman–Crippen MR) is 133 cm³/mol. The number of anilines is 1. The Morgan fingerprint density at radius 3 is 2.91 bits per heavy atom. The van der Waals surface area contributed by atoms with Gasteiger partial charge in [-0.25, -0.2) is 9.29 Å². The Morgan fingerprint density at radius 1 is 1.18 bits per heavy atom. The maximum atomic E-state index is 13.0. The lowest BCUT2D eigenvalue weighted by atomic mass is 10.0. The standard InChI is InChI=1S/C24H29N7O2S/c1-3-13-34(2,33)30-12-10-17-15-25-20(14-18(17)16-30)24(32)27-21-8-6-7-19(26-21)23-29-28-22-9-4-5-11-31(22)23/h6-8,14-15H,2-5,9-13,16H2,1H3,(H,26,27,32). The largest absolute Gasteiger partial charge is 0.310 e. The van der Waals surface area contributed by atoms with Crippen LogP contribution in [0.5, 0.6) is 0 Å². The average Bonchev–Trinajstić information content (AvgIpc) is 3.28. The molecule has 34 heavy (non-hydrogen) atoms. The fourth-order valence-electron chi connectivity index (χ4n) is 4.58. The number of rotatable bonds is 6. The van der Waals surface area contributed by atoms with Gasteiger partial charge in [0.15, 0.2) is 5.82 Å². The first-order chi connectivity index (χ1) is 16.4. The number of carbonyl (C=O) groups excluding carboxylic acids is 1. The highest BCUT2D eigenvalue weighted by Crippen LogP contribution is 2.24. The van der Waals surface area contributed by atoms with Gasteiger partial charge in [-0.2, -0.15) is 0 Å². The van der Waals surface area contributed by atoms with Gasteiger partial charge in [-0.1, -0.05) is 13.0 Å². The predicted octanol–water partition coefficient (Wildman–Crippen LogP) is 2.72. The molecule has 3 aromatic heterocycles. The van der Waals surface area contributed by atoms with Crippen LogP contribution in [0.4, 0.5) is 5.82 Å². The van der Waals surface area contributed by atoms with Crippen LogP contribution in [-0.2, 0) is 35.6 Å². The SMILES string of the molecule is C=S(=O)(CCC)N1CCc2cnc(C(=O)Nc3cccc(-c4nnc5n4CCCC5)n3)cc2C1. The van der Waals surface area contributed by atoms with Crippen molar-refractivity contribution >= 4 is 27.3 Å². The van der Waals surface area contributed by atoms with Gasteiger partial charge in [0.2, 0.25) is 0 Å². The minimum atomic E-state index is -2.30. The molecule has 1 unspecified atom stereocenters. The first kappa shape index (κ1) is 22.7. The molecule has 0 bridgehead atoms. The van der Waals surface area contributed by atoms with Crippen LogP contribution in [0.3, 0.4) is 0 Å². The number of nitrogens with zero attached hydrogens (tertiary/aromatic N) is 6. The number of amides is 1. The van der Waals surface area contributed by atoms with Gasteiger partial charge in [0.1, 0.15) is 23.0 Å². The third-order valence-corrected chi connectivity index (χ3v) is 8.66. The van der Waals surface area contributed by atoms with Crippen molar-refractivity contribution in [3.05, 3.63) is 53.1 Å². The Labute approximate surface area is 199 Å². The van der Waals surface area contributed by atoms with E-state index in [0.717, 1.165) is 61.4 Å². The van der Waals surface area contributed by atoms with Crippen molar-refractivity contribution in [1.82, 2.24) is 29.0 Å². The Morgan fingerprint density at radius 2 is 2.06 bits per heavy atom. The van der Waals surface area contributed by atoms with Crippen molar-refractivity contribution in [3.63, 3.8) is 0 Å². The fraction of sp³-hybridized carbons (Fsp3) is 0.417. The molecule has 0 spiro atoms. The fourth-order valence-corrected chi connectivity index (χ4v) is 6.27. The molecule has 9 nitrogen and oxygen atoms in total. The number of nitrogens with one attached hydrogen (secondary N) is 1. The summed E-state index contributed by atoms with van der Waals surface area (Å²) in [6.45, 7) is 4.08. The second-order valence-corrected chi connectivity index (χ2v) is 11.3. The molecule has 1 atom stereocenters. The van der Waals surface area contributed by atoms with E-state index in [1.807, 2.05) is 23.4 Å². The summed E-state index contributed by atoms with van der Waals surface area (Å²) in [4.78, 5) is 22.0. The molecular weight excluding hydrogens is 450 g/mol. The van der Waals surface area contributed by atoms with Gasteiger partial charge < -0.3 is 9.88 Å². The minimum Gasteiger partial charge on any atom is -0.310 e. The van der Waals surface area contributed by atoms with Crippen LogP contribution in [0, 0.1) is 0 Å². The highest BCUT2D eigenvalue weighted by Gasteiger charge is 2.24. The summed E-state index contributed by atoms with van der Waals surface area (Å²) in [5, 5.41) is 11.5. The Kier molecular flexibility index (Phi) is 6.18. The normalized spacial score (nSPS) is 17.4. The number of carbonyl (C=O) groups is 1. The van der Waals surface area contributed by atoms with Crippen molar-refractivity contribution in [1.29, 1.82) is 0 Å². The zero-order valence-electron chi connectivity index (χ0n) is 19.4. The highest BCUT2D eigenvalue weighted by atomic mass is 32.2. The lowest BCUT2D eigenvalue weighted by molar-refractivity contribution is 0.102. The lowest BCUT2D eigenvalue weighted by Crippen LogP contribution is -2.37. The summed E-state index contributed by atoms with van der Waals surface area (Å²) < 4.78 is 17.0. The van der Waals surface area contributed by atoms with Crippen molar-refractivity contribution in [2.45, 2.75) is 52.1 Å². The quantitative estimate of drug-likeness (QED) is 0.545. The van der Waals surface area contributed by atoms with Crippen LogP contribution in [-0.4, -0.2) is 57.3 Å². The smallest absolute Gasteiger partial charge is 0.275 e. The Hall–Kier alpha value is -3.11. The van der Waals surface area contributed by atoms with Gasteiger partial charge in [-0.3, -0.25) is 14.0 Å². The van der Waals surface area contributed by atoms with Crippen LogP contribution >= 0.6 is 0 Å². The number of hydrogen-bond acceptors (Lipinski definition) is 6. The molecule has 0 radical (unpaired) electrons. The minimum absolute atomic E-state index is 0.304. The van der Waals surface area contributed by atoms with Gasteiger partial charge in [0.05, 0.1) is 0 Å². The molecular formula is C24H29N7O2S. The molecule has 178 valence electrons. The first-order valence-corrected chi connectivity index (χ1v) is 13.6. The van der Waals surface area contributed by atoms with Crippen LogP contribution in [0.2, 0.25) is 0 Å². The van der Waals surface area contributed by atoms with Crippen LogP contribution in [0.1, 0.15) is 53.6 Å². The molecule has 3 aromatic rings.